The van der Waals surface area contributed by atoms with E-state index in [2.05, 4.69) is 45.9 Å². The Morgan fingerprint density at radius 3 is 2.25 bits per heavy atom. The summed E-state index contributed by atoms with van der Waals surface area (Å²) < 4.78 is 0. The van der Waals surface area contributed by atoms with E-state index < -0.39 is 0 Å². The molecule has 0 aliphatic carbocycles. The van der Waals surface area contributed by atoms with Crippen LogP contribution in [-0.2, 0) is 0 Å². The van der Waals surface area contributed by atoms with Crippen molar-refractivity contribution in [1.29, 1.82) is 0 Å². The van der Waals surface area contributed by atoms with Gasteiger partial charge in [-0.2, -0.15) is 0 Å². The smallest absolute Gasteiger partial charge is 0.00533 e. The van der Waals surface area contributed by atoms with Gasteiger partial charge in [-0.15, -0.1) is 0 Å². The second-order valence-electron chi connectivity index (χ2n) is 3.28. The van der Waals surface area contributed by atoms with Crippen LogP contribution in [0.5, 0.6) is 0 Å². The summed E-state index contributed by atoms with van der Waals surface area (Å²) in [5.74, 6) is 1.43. The molecule has 0 unspecified atom stereocenters. The highest BCUT2D eigenvalue weighted by Crippen LogP contribution is 2.15. The van der Waals surface area contributed by atoms with Gasteiger partial charge in [-0.25, -0.2) is 0 Å². The van der Waals surface area contributed by atoms with E-state index in [4.69, 9.17) is 0 Å². The van der Waals surface area contributed by atoms with Crippen molar-refractivity contribution in [3.05, 3.63) is 29.7 Å². The molecule has 0 bridgehead atoms. The predicted octanol–water partition coefficient (Wildman–Crippen LogP) is 4.29. The van der Waals surface area contributed by atoms with Crippen LogP contribution < -0.4 is 0 Å². The molecule has 0 saturated carbocycles. The van der Waals surface area contributed by atoms with Gasteiger partial charge in [-0.3, -0.25) is 0 Å². The van der Waals surface area contributed by atoms with Gasteiger partial charge in [0.15, 0.2) is 0 Å². The average Bonchev–Trinajstić information content (AvgIpc) is 2.04. The molecule has 1 radical (unpaired) electrons. The molecular weight excluding hydrogens is 144 g/mol. The largest absolute Gasteiger partial charge is 0.0882 e. The lowest BCUT2D eigenvalue weighted by Gasteiger charge is -2.06. The van der Waals surface area contributed by atoms with Crippen molar-refractivity contribution in [2.24, 2.45) is 0 Å². The standard InChI is InChI=1S/C12H21/c1-5-7-8-9-10-12(6-2)11(3)4/h6,8-9H,5,7,10H2,1-4H3. The second kappa shape index (κ2) is 7.15. The van der Waals surface area contributed by atoms with Crippen molar-refractivity contribution in [1.82, 2.24) is 0 Å². The summed E-state index contributed by atoms with van der Waals surface area (Å²) in [5, 5.41) is 0. The maximum absolute atomic E-state index is 2.27. The van der Waals surface area contributed by atoms with Crippen LogP contribution in [0.2, 0.25) is 0 Å². The predicted molar refractivity (Wildman–Crippen MR) is 57.0 cm³/mol. The molecule has 0 aromatic rings. The van der Waals surface area contributed by atoms with Crippen molar-refractivity contribution in [3.63, 3.8) is 0 Å². The van der Waals surface area contributed by atoms with Crippen LogP contribution in [0.25, 0.3) is 0 Å². The van der Waals surface area contributed by atoms with Gasteiger partial charge in [-0.1, -0.05) is 51.0 Å². The van der Waals surface area contributed by atoms with E-state index in [0.717, 1.165) is 6.42 Å². The molecule has 0 heterocycles. The fourth-order valence-electron chi connectivity index (χ4n) is 1.11. The molecule has 0 spiro atoms. The van der Waals surface area contributed by atoms with Gasteiger partial charge in [0.2, 0.25) is 0 Å². The molecule has 0 atom stereocenters. The molecule has 0 heteroatoms. The highest BCUT2D eigenvalue weighted by molar-refractivity contribution is 5.22. The third-order valence-corrected chi connectivity index (χ3v) is 1.95. The number of rotatable bonds is 5. The Labute approximate surface area is 77.4 Å². The van der Waals surface area contributed by atoms with Crippen molar-refractivity contribution in [2.75, 3.05) is 0 Å². The van der Waals surface area contributed by atoms with E-state index >= 15 is 0 Å². The Kier molecular flexibility index (Phi) is 6.84. The molecule has 0 aliphatic rings. The zero-order chi connectivity index (χ0) is 9.40. The fraction of sp³-hybridized carbons (Fsp3) is 0.583. The quantitative estimate of drug-likeness (QED) is 0.533. The molecule has 0 amide bonds. The van der Waals surface area contributed by atoms with Crippen molar-refractivity contribution in [3.8, 4) is 0 Å². The third-order valence-electron chi connectivity index (χ3n) is 1.95. The first kappa shape index (κ1) is 11.5. The van der Waals surface area contributed by atoms with E-state index in [-0.39, 0.29) is 0 Å². The van der Waals surface area contributed by atoms with Crippen LogP contribution >= 0.6 is 0 Å². The Balaban J connectivity index is 3.74. The van der Waals surface area contributed by atoms with Gasteiger partial charge in [0.25, 0.3) is 0 Å². The maximum Gasteiger partial charge on any atom is -0.00533 e. The number of hydrogen-bond donors (Lipinski definition) is 0. The maximum atomic E-state index is 2.27. The summed E-state index contributed by atoms with van der Waals surface area (Å²) in [5.41, 5.74) is 1.46. The molecule has 0 aromatic carbocycles. The Morgan fingerprint density at radius 1 is 1.17 bits per heavy atom. The minimum atomic E-state index is 1.10. The summed E-state index contributed by atoms with van der Waals surface area (Å²) >= 11 is 0. The van der Waals surface area contributed by atoms with Gasteiger partial charge in [0, 0.05) is 0 Å². The van der Waals surface area contributed by atoms with Gasteiger partial charge >= 0.3 is 0 Å². The van der Waals surface area contributed by atoms with Crippen LogP contribution in [0.4, 0.5) is 0 Å². The Morgan fingerprint density at radius 2 is 1.83 bits per heavy atom. The fourth-order valence-corrected chi connectivity index (χ4v) is 1.11. The zero-order valence-electron chi connectivity index (χ0n) is 8.85. The molecule has 0 nitrogen and oxygen atoms in total. The van der Waals surface area contributed by atoms with Gasteiger partial charge in [0.05, 0.1) is 0 Å². The van der Waals surface area contributed by atoms with Gasteiger partial charge in [-0.05, 0) is 25.7 Å². The van der Waals surface area contributed by atoms with E-state index in [1.807, 2.05) is 0 Å². The van der Waals surface area contributed by atoms with Crippen LogP contribution in [0, 0.1) is 5.92 Å². The summed E-state index contributed by atoms with van der Waals surface area (Å²) in [4.78, 5) is 0. The Bertz CT molecular complexity index is 149. The molecule has 0 N–H and O–H groups in total. The normalized spacial score (nSPS) is 13.2. The summed E-state index contributed by atoms with van der Waals surface area (Å²) in [6, 6.07) is 0. The van der Waals surface area contributed by atoms with Crippen molar-refractivity contribution >= 4 is 0 Å². The average molecular weight is 165 g/mol. The van der Waals surface area contributed by atoms with E-state index in [0.29, 0.717) is 0 Å². The van der Waals surface area contributed by atoms with Gasteiger partial charge in [0.1, 0.15) is 0 Å². The molecular formula is C12H21. The van der Waals surface area contributed by atoms with Crippen LogP contribution in [-0.4, -0.2) is 0 Å². The molecule has 12 heavy (non-hydrogen) atoms. The molecule has 69 valence electrons. The van der Waals surface area contributed by atoms with E-state index in [1.165, 1.54) is 24.3 Å². The van der Waals surface area contributed by atoms with Crippen molar-refractivity contribution < 1.29 is 0 Å². The number of hydrogen-bond acceptors (Lipinski definition) is 0. The van der Waals surface area contributed by atoms with Crippen molar-refractivity contribution in [2.45, 2.75) is 47.0 Å². The monoisotopic (exact) mass is 165 g/mol. The summed E-state index contributed by atoms with van der Waals surface area (Å²) in [7, 11) is 0. The van der Waals surface area contributed by atoms with Crippen LogP contribution in [0.3, 0.4) is 0 Å². The summed E-state index contributed by atoms with van der Waals surface area (Å²) in [6.45, 7) is 8.65. The molecule has 0 saturated heterocycles. The molecule has 0 fully saturated rings. The molecule has 0 aromatic heterocycles. The topological polar surface area (TPSA) is 0 Å². The lowest BCUT2D eigenvalue weighted by molar-refractivity contribution is 0.949. The van der Waals surface area contributed by atoms with E-state index in [9.17, 15) is 0 Å². The first-order valence-corrected chi connectivity index (χ1v) is 4.83. The Hall–Kier alpha value is -0.520. The summed E-state index contributed by atoms with van der Waals surface area (Å²) in [6.07, 6.45) is 10.3. The minimum Gasteiger partial charge on any atom is -0.0882 e. The second-order valence-corrected chi connectivity index (χ2v) is 3.28. The van der Waals surface area contributed by atoms with Crippen LogP contribution in [0.15, 0.2) is 23.8 Å². The number of allylic oxidation sites excluding steroid dienone is 4. The molecule has 0 rings (SSSR count). The zero-order valence-corrected chi connectivity index (χ0v) is 8.85. The lowest BCUT2D eigenvalue weighted by atomic mass is 10.00. The minimum absolute atomic E-state index is 1.10. The molecule has 0 aliphatic heterocycles. The highest BCUT2D eigenvalue weighted by atomic mass is 14.0. The lowest BCUT2D eigenvalue weighted by Crippen LogP contribution is -1.88. The highest BCUT2D eigenvalue weighted by Gasteiger charge is 1.98. The first-order valence-electron chi connectivity index (χ1n) is 4.83. The number of unbranched alkanes of at least 4 members (excludes halogenated alkanes) is 1. The van der Waals surface area contributed by atoms with Gasteiger partial charge < -0.3 is 0 Å². The SMILES string of the molecule is CC=C(CC=CCCC)[C](C)C. The third kappa shape index (κ3) is 5.17. The van der Waals surface area contributed by atoms with Crippen LogP contribution in [0.1, 0.15) is 47.0 Å². The van der Waals surface area contributed by atoms with E-state index in [1.54, 1.807) is 0 Å². The first-order chi connectivity index (χ1) is 5.72.